The first-order chi connectivity index (χ1) is 12.5. The molecule has 0 bridgehead atoms. The van der Waals surface area contributed by atoms with Crippen LogP contribution in [0.1, 0.15) is 26.5 Å². The summed E-state index contributed by atoms with van der Waals surface area (Å²) in [6.45, 7) is 5.89. The van der Waals surface area contributed by atoms with E-state index in [1.165, 1.54) is 11.3 Å². The van der Waals surface area contributed by atoms with E-state index < -0.39 is 0 Å². The van der Waals surface area contributed by atoms with Crippen molar-refractivity contribution in [2.24, 2.45) is 0 Å². The molecule has 4 aromatic rings. The molecule has 0 aliphatic rings. The van der Waals surface area contributed by atoms with Crippen LogP contribution in [0.4, 0.5) is 5.69 Å². The number of nitrogens with one attached hydrogen (secondary N) is 1. The van der Waals surface area contributed by atoms with Crippen LogP contribution in [-0.4, -0.2) is 25.9 Å². The Morgan fingerprint density at radius 3 is 2.62 bits per heavy atom. The highest BCUT2D eigenvalue weighted by Crippen LogP contribution is 2.32. The topological polar surface area (TPSA) is 72.7 Å². The predicted octanol–water partition coefficient (Wildman–Crippen LogP) is 4.05. The number of hydrogen-bond donors (Lipinski definition) is 1. The second-order valence-corrected chi connectivity index (χ2v) is 7.11. The highest BCUT2D eigenvalue weighted by atomic mass is 32.1. The summed E-state index contributed by atoms with van der Waals surface area (Å²) < 4.78 is 1.73. The number of rotatable bonds is 3. The van der Waals surface area contributed by atoms with E-state index in [4.69, 9.17) is 0 Å². The second kappa shape index (κ2) is 6.34. The van der Waals surface area contributed by atoms with Crippen molar-refractivity contribution in [1.82, 2.24) is 20.0 Å². The van der Waals surface area contributed by atoms with Crippen molar-refractivity contribution in [2.75, 3.05) is 5.32 Å². The molecular formula is C19H17N5OS. The number of aryl methyl sites for hydroxylation is 3. The predicted molar refractivity (Wildman–Crippen MR) is 103 cm³/mol. The summed E-state index contributed by atoms with van der Waals surface area (Å²) in [5.74, 6) is -0.157. The Hall–Kier alpha value is -3.06. The lowest BCUT2D eigenvalue weighted by molar-refractivity contribution is 0.103. The highest BCUT2D eigenvalue weighted by molar-refractivity contribution is 7.20. The molecule has 3 heterocycles. The van der Waals surface area contributed by atoms with Crippen molar-refractivity contribution in [3.05, 3.63) is 64.4 Å². The standard InChI is InChI=1S/C19H17N5OS/c1-11-13(3)22-23-19-16(11)12(2)17(26-19)18(25)21-14-9-20-24(10-14)15-7-5-4-6-8-15/h4-10H,1-3H3,(H,21,25). The van der Waals surface area contributed by atoms with Crippen LogP contribution in [0.15, 0.2) is 42.7 Å². The van der Waals surface area contributed by atoms with Crippen LogP contribution in [0.3, 0.4) is 0 Å². The van der Waals surface area contributed by atoms with Gasteiger partial charge in [0.1, 0.15) is 4.83 Å². The van der Waals surface area contributed by atoms with Crippen LogP contribution >= 0.6 is 11.3 Å². The number of thiophene rings is 1. The van der Waals surface area contributed by atoms with Crippen molar-refractivity contribution >= 4 is 33.1 Å². The van der Waals surface area contributed by atoms with Gasteiger partial charge in [0.15, 0.2) is 0 Å². The summed E-state index contributed by atoms with van der Waals surface area (Å²) in [6.07, 6.45) is 3.44. The number of hydrogen-bond acceptors (Lipinski definition) is 5. The van der Waals surface area contributed by atoms with E-state index in [1.807, 2.05) is 51.1 Å². The molecule has 1 amide bonds. The first kappa shape index (κ1) is 16.4. The molecule has 130 valence electrons. The van der Waals surface area contributed by atoms with Gasteiger partial charge in [0.25, 0.3) is 5.91 Å². The Labute approximate surface area is 154 Å². The van der Waals surface area contributed by atoms with Crippen LogP contribution in [0.2, 0.25) is 0 Å². The van der Waals surface area contributed by atoms with Crippen LogP contribution in [0.5, 0.6) is 0 Å². The number of carbonyl (C=O) groups excluding carboxylic acids is 1. The molecule has 26 heavy (non-hydrogen) atoms. The van der Waals surface area contributed by atoms with Gasteiger partial charge in [0.2, 0.25) is 0 Å². The van der Waals surface area contributed by atoms with Crippen LogP contribution in [0.25, 0.3) is 15.9 Å². The monoisotopic (exact) mass is 363 g/mol. The largest absolute Gasteiger partial charge is 0.319 e. The Morgan fingerprint density at radius 2 is 1.85 bits per heavy atom. The third-order valence-electron chi connectivity index (χ3n) is 4.40. The number of amides is 1. The molecule has 0 saturated carbocycles. The van der Waals surface area contributed by atoms with E-state index in [2.05, 4.69) is 20.6 Å². The average Bonchev–Trinajstić information content (AvgIpc) is 3.24. The van der Waals surface area contributed by atoms with Crippen molar-refractivity contribution in [3.63, 3.8) is 0 Å². The van der Waals surface area contributed by atoms with Crippen LogP contribution in [0, 0.1) is 20.8 Å². The number of aromatic nitrogens is 4. The molecule has 4 rings (SSSR count). The summed E-state index contributed by atoms with van der Waals surface area (Å²) in [5.41, 5.74) is 4.48. The van der Waals surface area contributed by atoms with E-state index in [1.54, 1.807) is 17.1 Å². The van der Waals surface area contributed by atoms with Crippen molar-refractivity contribution in [1.29, 1.82) is 0 Å². The number of fused-ring (bicyclic) bond motifs is 1. The van der Waals surface area contributed by atoms with Gasteiger partial charge in [-0.25, -0.2) is 4.68 Å². The zero-order valence-electron chi connectivity index (χ0n) is 14.6. The molecule has 0 fully saturated rings. The molecule has 3 aromatic heterocycles. The van der Waals surface area contributed by atoms with Crippen LogP contribution in [-0.2, 0) is 0 Å². The number of benzene rings is 1. The minimum atomic E-state index is -0.157. The van der Waals surface area contributed by atoms with Crippen molar-refractivity contribution < 1.29 is 4.79 Å². The molecule has 0 spiro atoms. The Balaban J connectivity index is 1.63. The molecule has 0 unspecified atom stereocenters. The Bertz CT molecular complexity index is 1110. The van der Waals surface area contributed by atoms with E-state index >= 15 is 0 Å². The molecule has 0 aliphatic heterocycles. The molecule has 7 heteroatoms. The fourth-order valence-electron chi connectivity index (χ4n) is 2.90. The summed E-state index contributed by atoms with van der Waals surface area (Å²) >= 11 is 1.36. The van der Waals surface area contributed by atoms with E-state index in [0.29, 0.717) is 10.6 Å². The highest BCUT2D eigenvalue weighted by Gasteiger charge is 2.19. The number of nitrogens with zero attached hydrogens (tertiary/aromatic N) is 4. The number of para-hydroxylation sites is 1. The molecule has 0 saturated heterocycles. The van der Waals surface area contributed by atoms with Gasteiger partial charge in [-0.05, 0) is 44.0 Å². The average molecular weight is 363 g/mol. The Kier molecular flexibility index (Phi) is 4.00. The summed E-state index contributed by atoms with van der Waals surface area (Å²) in [6, 6.07) is 9.76. The molecule has 1 aromatic carbocycles. The van der Waals surface area contributed by atoms with E-state index in [-0.39, 0.29) is 5.91 Å². The van der Waals surface area contributed by atoms with Gasteiger partial charge in [-0.3, -0.25) is 4.79 Å². The van der Waals surface area contributed by atoms with Gasteiger partial charge in [-0.2, -0.15) is 10.2 Å². The lowest BCUT2D eigenvalue weighted by Crippen LogP contribution is -2.10. The molecule has 1 N–H and O–H groups in total. The maximum atomic E-state index is 12.8. The zero-order valence-corrected chi connectivity index (χ0v) is 15.5. The maximum Gasteiger partial charge on any atom is 0.266 e. The van der Waals surface area contributed by atoms with Gasteiger partial charge in [0, 0.05) is 5.39 Å². The fraction of sp³-hybridized carbons (Fsp3) is 0.158. The van der Waals surface area contributed by atoms with Gasteiger partial charge in [-0.1, -0.05) is 18.2 Å². The summed E-state index contributed by atoms with van der Waals surface area (Å²) in [7, 11) is 0. The third kappa shape index (κ3) is 2.76. The maximum absolute atomic E-state index is 12.8. The first-order valence-corrected chi connectivity index (χ1v) is 9.00. The van der Waals surface area contributed by atoms with Gasteiger partial charge in [0.05, 0.1) is 34.3 Å². The first-order valence-electron chi connectivity index (χ1n) is 8.19. The van der Waals surface area contributed by atoms with Gasteiger partial charge < -0.3 is 5.32 Å². The van der Waals surface area contributed by atoms with Crippen molar-refractivity contribution in [2.45, 2.75) is 20.8 Å². The quantitative estimate of drug-likeness (QED) is 0.596. The summed E-state index contributed by atoms with van der Waals surface area (Å²) in [4.78, 5) is 14.2. The molecule has 0 radical (unpaired) electrons. The molecule has 0 aliphatic carbocycles. The molecular weight excluding hydrogens is 346 g/mol. The SMILES string of the molecule is Cc1nnc2sc(C(=O)Nc3cnn(-c4ccccc4)c3)c(C)c2c1C. The van der Waals surface area contributed by atoms with Gasteiger partial charge >= 0.3 is 0 Å². The minimum Gasteiger partial charge on any atom is -0.319 e. The third-order valence-corrected chi connectivity index (χ3v) is 5.58. The molecule has 6 nitrogen and oxygen atoms in total. The zero-order chi connectivity index (χ0) is 18.3. The smallest absolute Gasteiger partial charge is 0.266 e. The normalized spacial score (nSPS) is 11.0. The second-order valence-electron chi connectivity index (χ2n) is 6.11. The number of carbonyl (C=O) groups is 1. The number of anilines is 1. The minimum absolute atomic E-state index is 0.157. The van der Waals surface area contributed by atoms with E-state index in [9.17, 15) is 4.79 Å². The van der Waals surface area contributed by atoms with Crippen molar-refractivity contribution in [3.8, 4) is 5.69 Å². The van der Waals surface area contributed by atoms with Crippen LogP contribution < -0.4 is 5.32 Å². The summed E-state index contributed by atoms with van der Waals surface area (Å²) in [5, 5.41) is 16.6. The lowest BCUT2D eigenvalue weighted by Gasteiger charge is -2.03. The molecule has 0 atom stereocenters. The van der Waals surface area contributed by atoms with E-state index in [0.717, 1.165) is 32.7 Å². The lowest BCUT2D eigenvalue weighted by atomic mass is 10.1. The van der Waals surface area contributed by atoms with Gasteiger partial charge in [-0.15, -0.1) is 16.4 Å². The Morgan fingerprint density at radius 1 is 1.08 bits per heavy atom. The fourth-order valence-corrected chi connectivity index (χ4v) is 3.98.